The van der Waals surface area contributed by atoms with Crippen LogP contribution in [0.3, 0.4) is 0 Å². The number of rotatable bonds is 17. The summed E-state index contributed by atoms with van der Waals surface area (Å²) < 4.78 is 19.0. The Bertz CT molecular complexity index is 1530. The van der Waals surface area contributed by atoms with E-state index in [1.54, 1.807) is 9.47 Å². The first kappa shape index (κ1) is 35.7. The van der Waals surface area contributed by atoms with Gasteiger partial charge >= 0.3 is 12.1 Å². The zero-order valence-corrected chi connectivity index (χ0v) is 29.3. The van der Waals surface area contributed by atoms with Crippen LogP contribution in [0.1, 0.15) is 55.8 Å². The lowest BCUT2D eigenvalue weighted by Crippen LogP contribution is -2.52. The molecule has 2 aromatic heterocycles. The van der Waals surface area contributed by atoms with E-state index >= 15 is 0 Å². The third-order valence-electron chi connectivity index (χ3n) is 8.19. The Morgan fingerprint density at radius 3 is 2.55 bits per heavy atom. The van der Waals surface area contributed by atoms with Crippen LogP contribution in [0, 0.1) is 11.3 Å². The van der Waals surface area contributed by atoms with Gasteiger partial charge in [0.1, 0.15) is 42.7 Å². The van der Waals surface area contributed by atoms with Crippen LogP contribution in [0.25, 0.3) is 11.0 Å². The van der Waals surface area contributed by atoms with Crippen molar-refractivity contribution in [2.24, 2.45) is 0 Å². The molecule has 4 rings (SSSR count). The second-order valence-electron chi connectivity index (χ2n) is 13.2. The fourth-order valence-electron chi connectivity index (χ4n) is 5.41. The summed E-state index contributed by atoms with van der Waals surface area (Å²) >= 11 is 0. The molecule has 0 spiro atoms. The number of benzene rings is 1. The van der Waals surface area contributed by atoms with Crippen LogP contribution in [0.4, 0.5) is 10.6 Å². The molecule has 0 bridgehead atoms. The van der Waals surface area contributed by atoms with Gasteiger partial charge in [0.25, 0.3) is 0 Å². The molecule has 1 aliphatic heterocycles. The van der Waals surface area contributed by atoms with E-state index in [1.807, 2.05) is 30.3 Å². The third kappa shape index (κ3) is 10.2. The molecule has 0 unspecified atom stereocenters. The molecule has 1 fully saturated rings. The van der Waals surface area contributed by atoms with Crippen molar-refractivity contribution in [3.05, 3.63) is 47.2 Å². The van der Waals surface area contributed by atoms with Crippen LogP contribution in [0.15, 0.2) is 30.3 Å². The lowest BCUT2D eigenvalue weighted by Gasteiger charge is -2.33. The van der Waals surface area contributed by atoms with Gasteiger partial charge < -0.3 is 29.4 Å². The zero-order chi connectivity index (χ0) is 33.8. The summed E-state index contributed by atoms with van der Waals surface area (Å²) in [4.78, 5) is 37.7. The number of hydrogen-bond acceptors (Lipinski definition) is 9. The topological polar surface area (TPSA) is 149 Å². The maximum absolute atomic E-state index is 12.8. The van der Waals surface area contributed by atoms with Gasteiger partial charge in [0.2, 0.25) is 5.91 Å². The Morgan fingerprint density at radius 2 is 1.85 bits per heavy atom. The minimum Gasteiger partial charge on any atom is -0.463 e. The number of piperazine rings is 1. The Morgan fingerprint density at radius 1 is 1.06 bits per heavy atom. The van der Waals surface area contributed by atoms with Gasteiger partial charge in [-0.25, -0.2) is 4.79 Å². The number of nitrogens with zero attached hydrogens (tertiary/aromatic N) is 6. The second-order valence-corrected chi connectivity index (χ2v) is 18.8. The minimum atomic E-state index is -1.28. The van der Waals surface area contributed by atoms with Crippen LogP contribution in [0.2, 0.25) is 25.7 Å². The zero-order valence-electron chi connectivity index (χ0n) is 28.3. The summed E-state index contributed by atoms with van der Waals surface area (Å²) in [5.74, 6) is 0.180. The molecule has 3 heterocycles. The SMILES string of the molecule is CCCCOc1nc(N)c2c(n1)c(CCCCCN1CCN(C(=O)OCc3ccccc3)CC1=O)c(C#N)n2COCC[Si](C)(C)C. The van der Waals surface area contributed by atoms with E-state index in [2.05, 4.69) is 37.6 Å². The van der Waals surface area contributed by atoms with Crippen molar-refractivity contribution in [1.29, 1.82) is 5.26 Å². The van der Waals surface area contributed by atoms with Gasteiger partial charge in [-0.1, -0.05) is 69.7 Å². The number of anilines is 1. The van der Waals surface area contributed by atoms with E-state index in [-0.39, 0.29) is 37.6 Å². The predicted molar refractivity (Wildman–Crippen MR) is 183 cm³/mol. The van der Waals surface area contributed by atoms with Gasteiger partial charge in [-0.15, -0.1) is 0 Å². The van der Waals surface area contributed by atoms with Gasteiger partial charge in [0.05, 0.1) is 6.61 Å². The first-order valence-electron chi connectivity index (χ1n) is 16.6. The van der Waals surface area contributed by atoms with E-state index in [1.165, 1.54) is 4.90 Å². The van der Waals surface area contributed by atoms with Crippen molar-refractivity contribution < 1.29 is 23.8 Å². The summed E-state index contributed by atoms with van der Waals surface area (Å²) in [5.41, 5.74) is 9.85. The van der Waals surface area contributed by atoms with Crippen molar-refractivity contribution in [2.45, 2.75) is 84.5 Å². The molecular weight excluding hydrogens is 615 g/mol. The number of nitrogen functional groups attached to an aromatic ring is 1. The molecule has 0 aliphatic carbocycles. The monoisotopic (exact) mass is 663 g/mol. The highest BCUT2D eigenvalue weighted by atomic mass is 28.3. The fourth-order valence-corrected chi connectivity index (χ4v) is 6.16. The number of amides is 2. The number of carbonyl (C=O) groups is 2. The molecule has 0 radical (unpaired) electrons. The van der Waals surface area contributed by atoms with E-state index in [0.717, 1.165) is 49.3 Å². The van der Waals surface area contributed by atoms with Crippen molar-refractivity contribution in [3.63, 3.8) is 0 Å². The van der Waals surface area contributed by atoms with E-state index < -0.39 is 14.2 Å². The second kappa shape index (κ2) is 17.1. The maximum atomic E-state index is 12.8. The highest BCUT2D eigenvalue weighted by Crippen LogP contribution is 2.31. The maximum Gasteiger partial charge on any atom is 0.410 e. The van der Waals surface area contributed by atoms with Crippen molar-refractivity contribution >= 4 is 36.9 Å². The number of carbonyl (C=O) groups excluding carboxylic acids is 2. The van der Waals surface area contributed by atoms with Gasteiger partial charge in [-0.2, -0.15) is 15.2 Å². The summed E-state index contributed by atoms with van der Waals surface area (Å²) in [6.07, 6.45) is 4.43. The molecule has 47 heavy (non-hydrogen) atoms. The first-order valence-corrected chi connectivity index (χ1v) is 20.3. The largest absolute Gasteiger partial charge is 0.463 e. The first-order chi connectivity index (χ1) is 22.6. The number of aromatic nitrogens is 3. The number of hydrogen-bond donors (Lipinski definition) is 1. The molecule has 12 nitrogen and oxygen atoms in total. The van der Waals surface area contributed by atoms with Crippen LogP contribution in [0.5, 0.6) is 6.01 Å². The van der Waals surface area contributed by atoms with Crippen molar-refractivity contribution in [1.82, 2.24) is 24.3 Å². The molecular formula is C34H49N7O5Si. The smallest absolute Gasteiger partial charge is 0.410 e. The highest BCUT2D eigenvalue weighted by molar-refractivity contribution is 6.76. The van der Waals surface area contributed by atoms with Crippen LogP contribution < -0.4 is 10.5 Å². The predicted octanol–water partition coefficient (Wildman–Crippen LogP) is 5.57. The lowest BCUT2D eigenvalue weighted by atomic mass is 10.1. The minimum absolute atomic E-state index is 0.0163. The quantitative estimate of drug-likeness (QED) is 0.145. The molecule has 0 atom stereocenters. The van der Waals surface area contributed by atoms with Crippen molar-refractivity contribution in [2.75, 3.05) is 45.1 Å². The molecule has 254 valence electrons. The van der Waals surface area contributed by atoms with Gasteiger partial charge in [0, 0.05) is 39.9 Å². The summed E-state index contributed by atoms with van der Waals surface area (Å²) in [5, 5.41) is 10.3. The molecule has 1 aromatic carbocycles. The number of aryl methyl sites for hydroxylation is 1. The Hall–Kier alpha value is -4.15. The van der Waals surface area contributed by atoms with E-state index in [9.17, 15) is 14.9 Å². The molecule has 0 saturated carbocycles. The average molecular weight is 664 g/mol. The summed E-state index contributed by atoms with van der Waals surface area (Å²) in [6, 6.07) is 13.1. The Kier molecular flexibility index (Phi) is 13.0. The van der Waals surface area contributed by atoms with Gasteiger partial charge in [-0.05, 0) is 37.3 Å². The standard InChI is InChI=1S/C34H49N7O5Si/c1-5-6-19-45-33-37-30-27(28(22-35)41(31(30)32(36)38-33)25-44-20-21-47(2,3)4)15-11-8-12-16-39-17-18-40(23-29(39)42)34(43)46-24-26-13-9-7-10-14-26/h7,9-10,13-14H,5-6,8,11-12,15-21,23-25H2,1-4H3,(H2,36,37,38). The van der Waals surface area contributed by atoms with Gasteiger partial charge in [-0.3, -0.25) is 9.69 Å². The number of fused-ring (bicyclic) bond motifs is 1. The Balaban J connectivity index is 1.34. The van der Waals surface area contributed by atoms with Crippen LogP contribution in [-0.4, -0.2) is 83.8 Å². The van der Waals surface area contributed by atoms with Crippen molar-refractivity contribution in [3.8, 4) is 12.1 Å². The molecule has 13 heteroatoms. The highest BCUT2D eigenvalue weighted by Gasteiger charge is 2.28. The number of ether oxygens (including phenoxy) is 3. The lowest BCUT2D eigenvalue weighted by molar-refractivity contribution is -0.135. The Labute approximate surface area is 278 Å². The number of nitrogens with two attached hydrogens (primary N) is 1. The molecule has 1 saturated heterocycles. The number of unbranched alkanes of at least 4 members (excludes halogenated alkanes) is 3. The molecule has 2 amide bonds. The van der Waals surface area contributed by atoms with Crippen LogP contribution in [-0.2, 0) is 34.0 Å². The van der Waals surface area contributed by atoms with Gasteiger partial charge in [0.15, 0.2) is 5.82 Å². The average Bonchev–Trinajstić information content (AvgIpc) is 3.35. The summed E-state index contributed by atoms with van der Waals surface area (Å²) in [6.45, 7) is 12.0. The number of nitriles is 1. The molecule has 3 aromatic rings. The van der Waals surface area contributed by atoms with E-state index in [4.69, 9.17) is 24.9 Å². The molecule has 2 N–H and O–H groups in total. The third-order valence-corrected chi connectivity index (χ3v) is 9.89. The van der Waals surface area contributed by atoms with E-state index in [0.29, 0.717) is 56.0 Å². The summed E-state index contributed by atoms with van der Waals surface area (Å²) in [7, 11) is -1.28. The fraction of sp³-hybridized carbons (Fsp3) is 0.559. The molecule has 1 aliphatic rings. The van der Waals surface area contributed by atoms with Crippen LogP contribution >= 0.6 is 0 Å². The normalized spacial score (nSPS) is 13.6.